The molecule has 0 radical (unpaired) electrons. The smallest absolute Gasteiger partial charge is 0.316 e. The first kappa shape index (κ1) is 20.0. The van der Waals surface area contributed by atoms with Crippen LogP contribution in [0.2, 0.25) is 0 Å². The van der Waals surface area contributed by atoms with Crippen molar-refractivity contribution in [2.24, 2.45) is 10.9 Å². The molecule has 4 rings (SSSR count). The lowest BCUT2D eigenvalue weighted by atomic mass is 9.83. The first-order valence-electron chi connectivity index (χ1n) is 8.87. The molecule has 1 unspecified atom stereocenters. The molecule has 146 valence electrons. The van der Waals surface area contributed by atoms with Gasteiger partial charge in [-0.3, -0.25) is 0 Å². The number of thiophene rings is 1. The Morgan fingerprint density at radius 1 is 1.19 bits per heavy atom. The van der Waals surface area contributed by atoms with Gasteiger partial charge in [0.25, 0.3) is 0 Å². The van der Waals surface area contributed by atoms with Gasteiger partial charge in [-0.05, 0) is 85.2 Å². The van der Waals surface area contributed by atoms with Gasteiger partial charge in [0.2, 0.25) is 0 Å². The van der Waals surface area contributed by atoms with Crippen LogP contribution in [0.15, 0.2) is 21.7 Å². The topological polar surface area (TPSA) is 118 Å². The predicted octanol–water partition coefficient (Wildman–Crippen LogP) is 2.72. The third kappa shape index (κ3) is 4.40. The highest BCUT2D eigenvalue weighted by Crippen LogP contribution is 2.39. The highest BCUT2D eigenvalue weighted by molar-refractivity contribution is 7.85. The summed E-state index contributed by atoms with van der Waals surface area (Å²) < 4.78 is 11.4. The monoisotopic (exact) mass is 407 g/mol. The Balaban J connectivity index is 0.000000161. The summed E-state index contributed by atoms with van der Waals surface area (Å²) in [5.74, 6) is 0. The summed E-state index contributed by atoms with van der Waals surface area (Å²) in [6, 6.07) is 3.54. The number of aryl methyl sites for hydroxylation is 2. The van der Waals surface area contributed by atoms with Crippen molar-refractivity contribution in [2.45, 2.75) is 55.8 Å². The van der Waals surface area contributed by atoms with E-state index in [-0.39, 0.29) is 0 Å². The van der Waals surface area contributed by atoms with E-state index in [0.29, 0.717) is 4.21 Å². The number of hydrogen-bond acceptors (Lipinski definition) is 4. The largest absolute Gasteiger partial charge is 0.386 e. The molecule has 0 saturated carbocycles. The minimum Gasteiger partial charge on any atom is -0.386 e. The summed E-state index contributed by atoms with van der Waals surface area (Å²) in [5, 5.41) is 19.3. The molecule has 0 spiro atoms. The van der Waals surface area contributed by atoms with E-state index >= 15 is 0 Å². The number of aliphatic hydroxyl groups is 1. The number of amides is 2. The normalized spacial score (nSPS) is 15.7. The van der Waals surface area contributed by atoms with Crippen LogP contribution in [-0.2, 0) is 42.3 Å². The first-order chi connectivity index (χ1) is 12.7. The van der Waals surface area contributed by atoms with Gasteiger partial charge in [-0.2, -0.15) is 0 Å². The van der Waals surface area contributed by atoms with Crippen LogP contribution in [0.25, 0.3) is 0 Å². The fourth-order valence-corrected chi connectivity index (χ4v) is 5.02. The zero-order chi connectivity index (χ0) is 19.8. The number of carbonyl (C=O) groups excluding carboxylic acids is 1. The molecule has 2 aliphatic carbocycles. The van der Waals surface area contributed by atoms with E-state index in [1.165, 1.54) is 40.0 Å². The number of primary amides is 1. The van der Waals surface area contributed by atoms with Gasteiger partial charge in [-0.25, -0.2) is 14.1 Å². The van der Waals surface area contributed by atoms with Gasteiger partial charge in [-0.15, -0.1) is 11.3 Å². The van der Waals surface area contributed by atoms with Gasteiger partial charge in [-0.1, -0.05) is 6.07 Å². The molecule has 0 aliphatic heterocycles. The van der Waals surface area contributed by atoms with Crippen LogP contribution in [-0.4, -0.2) is 15.3 Å². The Kier molecular flexibility index (Phi) is 5.71. The average Bonchev–Trinajstić information content (AvgIpc) is 3.19. The van der Waals surface area contributed by atoms with Crippen molar-refractivity contribution in [3.63, 3.8) is 0 Å². The summed E-state index contributed by atoms with van der Waals surface area (Å²) in [4.78, 5) is 11.0. The third-order valence-corrected chi connectivity index (χ3v) is 6.99. The first-order valence-corrected chi connectivity index (χ1v) is 11.0. The van der Waals surface area contributed by atoms with Crippen LogP contribution in [0.1, 0.15) is 48.1 Å². The summed E-state index contributed by atoms with van der Waals surface area (Å²) in [5.41, 5.74) is 11.6. The quantitative estimate of drug-likeness (QED) is 0.626. The van der Waals surface area contributed by atoms with Gasteiger partial charge in [0.05, 0.1) is 5.60 Å². The molecule has 0 fully saturated rings. The second kappa shape index (κ2) is 7.71. The van der Waals surface area contributed by atoms with Crippen LogP contribution in [0.5, 0.6) is 0 Å². The van der Waals surface area contributed by atoms with Crippen LogP contribution >= 0.6 is 11.3 Å². The van der Waals surface area contributed by atoms with Gasteiger partial charge in [0.1, 0.15) is 15.2 Å². The summed E-state index contributed by atoms with van der Waals surface area (Å²) in [7, 11) is -1.44. The third-order valence-electron chi connectivity index (χ3n) is 4.97. The Morgan fingerprint density at radius 2 is 1.85 bits per heavy atom. The second-order valence-electron chi connectivity index (χ2n) is 7.38. The Labute approximate surface area is 165 Å². The van der Waals surface area contributed by atoms with Crippen molar-refractivity contribution in [2.75, 3.05) is 5.32 Å². The van der Waals surface area contributed by atoms with Crippen molar-refractivity contribution in [3.8, 4) is 0 Å². The van der Waals surface area contributed by atoms with Gasteiger partial charge < -0.3 is 16.2 Å². The van der Waals surface area contributed by atoms with E-state index in [0.717, 1.165) is 36.9 Å². The van der Waals surface area contributed by atoms with Crippen molar-refractivity contribution in [1.29, 1.82) is 0 Å². The molecule has 1 aromatic carbocycles. The SMILES string of the molecule is CC(C)(O)c1csc(S(N)=O)c1.NC(=O)Nc1c2c(cc3c1CC3)CCC2. The van der Waals surface area contributed by atoms with E-state index in [9.17, 15) is 14.1 Å². The number of nitrogens with one attached hydrogen (secondary N) is 1. The van der Waals surface area contributed by atoms with Crippen molar-refractivity contribution < 1.29 is 14.1 Å². The zero-order valence-electron chi connectivity index (χ0n) is 15.5. The van der Waals surface area contributed by atoms with Crippen LogP contribution < -0.4 is 16.2 Å². The molecule has 1 atom stereocenters. The molecule has 6 nitrogen and oxygen atoms in total. The van der Waals surface area contributed by atoms with E-state index in [2.05, 4.69) is 11.4 Å². The number of fused-ring (bicyclic) bond motifs is 2. The lowest BCUT2D eigenvalue weighted by Gasteiger charge is -2.25. The highest BCUT2D eigenvalue weighted by atomic mass is 32.2. The molecule has 1 heterocycles. The average molecular weight is 408 g/mol. The fourth-order valence-electron chi connectivity index (χ4n) is 3.46. The zero-order valence-corrected chi connectivity index (χ0v) is 17.1. The molecule has 2 amide bonds. The number of anilines is 1. The number of carbonyl (C=O) groups is 1. The highest BCUT2D eigenvalue weighted by Gasteiger charge is 2.26. The minimum atomic E-state index is -1.44. The van der Waals surface area contributed by atoms with Crippen molar-refractivity contribution in [3.05, 3.63) is 45.3 Å². The van der Waals surface area contributed by atoms with E-state index in [4.69, 9.17) is 10.9 Å². The maximum absolute atomic E-state index is 11.0. The number of urea groups is 1. The van der Waals surface area contributed by atoms with Crippen LogP contribution in [0.3, 0.4) is 0 Å². The lowest BCUT2D eigenvalue weighted by molar-refractivity contribution is 0.0789. The predicted molar refractivity (Wildman–Crippen MR) is 109 cm³/mol. The molecule has 1 aromatic heterocycles. The molecule has 2 aliphatic rings. The van der Waals surface area contributed by atoms with Crippen molar-refractivity contribution >= 4 is 34.0 Å². The molecule has 0 saturated heterocycles. The number of nitrogens with two attached hydrogens (primary N) is 2. The second-order valence-corrected chi connectivity index (χ2v) is 9.58. The van der Waals surface area contributed by atoms with E-state index in [1.807, 2.05) is 0 Å². The maximum Gasteiger partial charge on any atom is 0.316 e. The molecule has 6 N–H and O–H groups in total. The Hall–Kier alpha value is -1.74. The maximum atomic E-state index is 11.0. The lowest BCUT2D eigenvalue weighted by Crippen LogP contribution is -2.24. The van der Waals surface area contributed by atoms with Crippen molar-refractivity contribution in [1.82, 2.24) is 0 Å². The molecule has 2 aromatic rings. The number of benzene rings is 1. The molecule has 8 heteroatoms. The molecule has 27 heavy (non-hydrogen) atoms. The van der Waals surface area contributed by atoms with Gasteiger partial charge >= 0.3 is 6.03 Å². The van der Waals surface area contributed by atoms with E-state index < -0.39 is 22.6 Å². The Bertz CT molecular complexity index is 900. The minimum absolute atomic E-state index is 0.440. The summed E-state index contributed by atoms with van der Waals surface area (Å²) in [6.07, 6.45) is 5.66. The molecular weight excluding hydrogens is 382 g/mol. The van der Waals surface area contributed by atoms with Crippen LogP contribution in [0, 0.1) is 0 Å². The fraction of sp³-hybridized carbons (Fsp3) is 0.421. The Morgan fingerprint density at radius 3 is 2.33 bits per heavy atom. The molecule has 0 bridgehead atoms. The number of rotatable bonds is 3. The standard InChI is InChI=1S/C12H14N2O.C7H11NO2S2/c13-12(15)14-11-9-3-1-2-7(9)6-8-4-5-10(8)11;1-7(2,9)5-3-6(11-4-5)12(8)10/h6H,1-5H2,(H3,13,14,15);3-4,9H,8H2,1-2H3. The van der Waals surface area contributed by atoms with Gasteiger partial charge in [0.15, 0.2) is 0 Å². The van der Waals surface area contributed by atoms with E-state index in [1.54, 1.807) is 25.3 Å². The van der Waals surface area contributed by atoms with Gasteiger partial charge in [0, 0.05) is 5.69 Å². The summed E-state index contributed by atoms with van der Waals surface area (Å²) >= 11 is 1.30. The summed E-state index contributed by atoms with van der Waals surface area (Å²) in [6.45, 7) is 3.36. The molecular formula is C19H25N3O3S2. The van der Waals surface area contributed by atoms with Crippen LogP contribution in [0.4, 0.5) is 10.5 Å². The number of hydrogen-bond donors (Lipinski definition) is 4.